The number of hydrogen-bond donors (Lipinski definition) is 1. The van der Waals surface area contributed by atoms with E-state index in [9.17, 15) is 9.59 Å². The summed E-state index contributed by atoms with van der Waals surface area (Å²) in [6.07, 6.45) is 0. The van der Waals surface area contributed by atoms with Crippen molar-refractivity contribution in [3.8, 4) is 0 Å². The summed E-state index contributed by atoms with van der Waals surface area (Å²) in [6, 6.07) is 11.3. The lowest BCUT2D eigenvalue weighted by atomic mass is 10.1. The molecule has 0 atom stereocenters. The van der Waals surface area contributed by atoms with Gasteiger partial charge in [-0.25, -0.2) is 4.90 Å². The number of imide groups is 1. The van der Waals surface area contributed by atoms with E-state index in [2.05, 4.69) is 27.9 Å². The highest BCUT2D eigenvalue weighted by Gasteiger charge is 2.39. The first-order chi connectivity index (χ1) is 11.8. The van der Waals surface area contributed by atoms with Gasteiger partial charge in [0.05, 0.1) is 5.69 Å². The molecule has 25 heavy (non-hydrogen) atoms. The van der Waals surface area contributed by atoms with Crippen molar-refractivity contribution in [1.29, 1.82) is 0 Å². The van der Waals surface area contributed by atoms with Crippen LogP contribution in [-0.4, -0.2) is 11.8 Å². The number of aryl methyl sites for hydroxylation is 3. The predicted octanol–water partition coefficient (Wildman–Crippen LogP) is 4.65. The molecule has 3 rings (SSSR count). The number of benzene rings is 2. The number of carbonyl (C=O) groups excluding carboxylic acids is 2. The second kappa shape index (κ2) is 6.80. The van der Waals surface area contributed by atoms with Crippen LogP contribution < -0.4 is 10.2 Å². The molecular weight excluding hydrogens is 451 g/mol. The zero-order valence-electron chi connectivity index (χ0n) is 14.0. The maximum Gasteiger partial charge on any atom is 0.283 e. The Hall–Kier alpha value is -1.86. The van der Waals surface area contributed by atoms with Gasteiger partial charge in [0, 0.05) is 9.26 Å². The van der Waals surface area contributed by atoms with Crippen molar-refractivity contribution in [3.63, 3.8) is 0 Å². The first-order valence-electron chi connectivity index (χ1n) is 7.68. The normalized spacial score (nSPS) is 14.5. The minimum Gasteiger partial charge on any atom is -0.349 e. The molecule has 2 aromatic rings. The quantitative estimate of drug-likeness (QED) is 0.529. The molecule has 0 aromatic heterocycles. The summed E-state index contributed by atoms with van der Waals surface area (Å²) in [7, 11) is 0. The SMILES string of the molecule is Cc1ccc(N2C(=O)C(Cl)=C(Nc3ccc(I)cc3C)C2=O)c(C)c1. The molecular formula is C19H16ClIN2O2. The second-order valence-electron chi connectivity index (χ2n) is 6.01. The molecule has 0 unspecified atom stereocenters. The highest BCUT2D eigenvalue weighted by atomic mass is 127. The molecule has 0 saturated carbocycles. The largest absolute Gasteiger partial charge is 0.349 e. The maximum atomic E-state index is 12.8. The van der Waals surface area contributed by atoms with Crippen molar-refractivity contribution in [2.24, 2.45) is 0 Å². The second-order valence-corrected chi connectivity index (χ2v) is 7.63. The third-order valence-corrected chi connectivity index (χ3v) is 5.09. The monoisotopic (exact) mass is 466 g/mol. The van der Waals surface area contributed by atoms with E-state index in [1.54, 1.807) is 6.07 Å². The van der Waals surface area contributed by atoms with Crippen LogP contribution in [0, 0.1) is 24.3 Å². The minimum atomic E-state index is -0.510. The third kappa shape index (κ3) is 3.30. The number of carbonyl (C=O) groups is 2. The fraction of sp³-hybridized carbons (Fsp3) is 0.158. The van der Waals surface area contributed by atoms with Gasteiger partial charge >= 0.3 is 0 Å². The van der Waals surface area contributed by atoms with Crippen molar-refractivity contribution in [2.75, 3.05) is 10.2 Å². The molecule has 1 aliphatic rings. The molecule has 1 heterocycles. The van der Waals surface area contributed by atoms with Crippen molar-refractivity contribution in [3.05, 3.63) is 67.4 Å². The average Bonchev–Trinajstić information content (AvgIpc) is 2.74. The van der Waals surface area contributed by atoms with Crippen LogP contribution in [0.3, 0.4) is 0 Å². The summed E-state index contributed by atoms with van der Waals surface area (Å²) in [4.78, 5) is 26.5. The Labute approximate surface area is 165 Å². The first-order valence-corrected chi connectivity index (χ1v) is 9.14. The van der Waals surface area contributed by atoms with Crippen LogP contribution >= 0.6 is 34.2 Å². The van der Waals surface area contributed by atoms with Gasteiger partial charge in [-0.3, -0.25) is 9.59 Å². The van der Waals surface area contributed by atoms with Gasteiger partial charge in [-0.2, -0.15) is 0 Å². The van der Waals surface area contributed by atoms with Crippen molar-refractivity contribution in [2.45, 2.75) is 20.8 Å². The zero-order valence-corrected chi connectivity index (χ0v) is 16.9. The van der Waals surface area contributed by atoms with Crippen molar-refractivity contribution < 1.29 is 9.59 Å². The van der Waals surface area contributed by atoms with Crippen LogP contribution in [0.25, 0.3) is 0 Å². The Morgan fingerprint density at radius 2 is 1.68 bits per heavy atom. The number of amides is 2. The van der Waals surface area contributed by atoms with E-state index in [4.69, 9.17) is 11.6 Å². The van der Waals surface area contributed by atoms with Crippen LogP contribution in [0.15, 0.2) is 47.1 Å². The summed E-state index contributed by atoms with van der Waals surface area (Å²) < 4.78 is 1.09. The highest BCUT2D eigenvalue weighted by molar-refractivity contribution is 14.1. The molecule has 0 spiro atoms. The van der Waals surface area contributed by atoms with Crippen LogP contribution in [-0.2, 0) is 9.59 Å². The van der Waals surface area contributed by atoms with E-state index >= 15 is 0 Å². The number of nitrogens with zero attached hydrogens (tertiary/aromatic N) is 1. The predicted molar refractivity (Wildman–Crippen MR) is 109 cm³/mol. The van der Waals surface area contributed by atoms with E-state index in [0.717, 1.165) is 30.8 Å². The lowest BCUT2D eigenvalue weighted by molar-refractivity contribution is -0.120. The lowest BCUT2D eigenvalue weighted by Gasteiger charge is -2.18. The van der Waals surface area contributed by atoms with E-state index in [0.29, 0.717) is 5.69 Å². The number of nitrogens with one attached hydrogen (secondary N) is 1. The fourth-order valence-electron chi connectivity index (χ4n) is 2.79. The van der Waals surface area contributed by atoms with E-state index < -0.39 is 11.8 Å². The minimum absolute atomic E-state index is 0.0945. The first kappa shape index (κ1) is 17.9. The Balaban J connectivity index is 1.96. The Morgan fingerprint density at radius 3 is 2.32 bits per heavy atom. The van der Waals surface area contributed by atoms with Crippen molar-refractivity contribution >= 4 is 57.4 Å². The van der Waals surface area contributed by atoms with Gasteiger partial charge in [0.15, 0.2) is 0 Å². The summed E-state index contributed by atoms with van der Waals surface area (Å²) in [6.45, 7) is 5.76. The standard InChI is InChI=1S/C19H16ClIN2O2/c1-10-4-7-15(12(3)8-10)23-18(24)16(20)17(19(23)25)22-14-6-5-13(21)9-11(14)2/h4-9,22H,1-3H3. The van der Waals surface area contributed by atoms with Gasteiger partial charge in [0.1, 0.15) is 10.7 Å². The van der Waals surface area contributed by atoms with Gasteiger partial charge in [-0.15, -0.1) is 0 Å². The van der Waals surface area contributed by atoms with Crippen molar-refractivity contribution in [1.82, 2.24) is 0 Å². The van der Waals surface area contributed by atoms with Gasteiger partial charge in [-0.1, -0.05) is 29.3 Å². The van der Waals surface area contributed by atoms with Gasteiger partial charge in [-0.05, 0) is 78.8 Å². The number of anilines is 2. The molecule has 128 valence electrons. The Bertz CT molecular complexity index is 937. The van der Waals surface area contributed by atoms with Crippen LogP contribution in [0.2, 0.25) is 0 Å². The van der Waals surface area contributed by atoms with E-state index in [-0.39, 0.29) is 10.7 Å². The smallest absolute Gasteiger partial charge is 0.283 e. The van der Waals surface area contributed by atoms with Crippen LogP contribution in [0.1, 0.15) is 16.7 Å². The third-order valence-electron chi connectivity index (χ3n) is 4.07. The molecule has 0 aliphatic carbocycles. The molecule has 0 radical (unpaired) electrons. The Morgan fingerprint density at radius 1 is 0.960 bits per heavy atom. The topological polar surface area (TPSA) is 49.4 Å². The van der Waals surface area contributed by atoms with Gasteiger partial charge in [0.25, 0.3) is 11.8 Å². The molecule has 0 fully saturated rings. The maximum absolute atomic E-state index is 12.8. The molecule has 6 heteroatoms. The molecule has 0 saturated heterocycles. The molecule has 4 nitrogen and oxygen atoms in total. The van der Waals surface area contributed by atoms with Crippen LogP contribution in [0.5, 0.6) is 0 Å². The van der Waals surface area contributed by atoms with E-state index in [1.807, 2.05) is 51.1 Å². The molecule has 0 bridgehead atoms. The lowest BCUT2D eigenvalue weighted by Crippen LogP contribution is -2.32. The molecule has 2 amide bonds. The number of hydrogen-bond acceptors (Lipinski definition) is 3. The molecule has 1 N–H and O–H groups in total. The van der Waals surface area contributed by atoms with E-state index in [1.165, 1.54) is 0 Å². The zero-order chi connectivity index (χ0) is 18.3. The highest BCUT2D eigenvalue weighted by Crippen LogP contribution is 2.33. The number of halogens is 2. The molecule has 1 aliphatic heterocycles. The van der Waals surface area contributed by atoms with Gasteiger partial charge in [0.2, 0.25) is 0 Å². The average molecular weight is 467 g/mol. The van der Waals surface area contributed by atoms with Crippen LogP contribution in [0.4, 0.5) is 11.4 Å². The molecule has 2 aromatic carbocycles. The summed E-state index contributed by atoms with van der Waals surface area (Å²) in [5.74, 6) is -0.954. The fourth-order valence-corrected chi connectivity index (χ4v) is 3.65. The number of rotatable bonds is 3. The van der Waals surface area contributed by atoms with Gasteiger partial charge < -0.3 is 5.32 Å². The summed E-state index contributed by atoms with van der Waals surface area (Å²) in [5, 5.41) is 2.93. The Kier molecular flexibility index (Phi) is 4.88. The summed E-state index contributed by atoms with van der Waals surface area (Å²) in [5.41, 5.74) is 4.28. The summed E-state index contributed by atoms with van der Waals surface area (Å²) >= 11 is 8.41.